The Hall–Kier alpha value is -2.08. The number of nitrogens with zero attached hydrogens (tertiary/aromatic N) is 1. The van der Waals surface area contributed by atoms with Crippen LogP contribution in [-0.4, -0.2) is 21.1 Å². The maximum Gasteiger partial charge on any atom is 0.340 e. The number of allylic oxidation sites excluding steroid dienone is 1. The first kappa shape index (κ1) is 13.0. The Balaban J connectivity index is 3.65. The van der Waals surface area contributed by atoms with Gasteiger partial charge in [0.1, 0.15) is 11.3 Å². The van der Waals surface area contributed by atoms with Gasteiger partial charge in [-0.1, -0.05) is 17.7 Å². The summed E-state index contributed by atoms with van der Waals surface area (Å²) in [4.78, 5) is 21.0. The number of aliphatic hydroxyl groups is 1. The molecule has 0 saturated carbocycles. The first-order valence-electron chi connectivity index (χ1n) is 4.42. The van der Waals surface area contributed by atoms with Crippen LogP contribution in [0.4, 0.5) is 5.69 Å². The van der Waals surface area contributed by atoms with Crippen LogP contribution in [-0.2, 0) is 4.79 Å². The van der Waals surface area contributed by atoms with E-state index in [-0.39, 0.29) is 10.6 Å². The van der Waals surface area contributed by atoms with Gasteiger partial charge in [0, 0.05) is 6.07 Å². The molecule has 1 aromatic rings. The smallest absolute Gasteiger partial charge is 0.340 e. The zero-order valence-corrected chi connectivity index (χ0v) is 9.43. The molecule has 0 saturated heterocycles. The molecule has 17 heavy (non-hydrogen) atoms. The van der Waals surface area contributed by atoms with Crippen LogP contribution < -0.4 is 0 Å². The molecule has 7 heteroatoms. The summed E-state index contributed by atoms with van der Waals surface area (Å²) in [5.41, 5.74) is -1.35. The van der Waals surface area contributed by atoms with Crippen molar-refractivity contribution in [3.63, 3.8) is 0 Å². The van der Waals surface area contributed by atoms with Gasteiger partial charge in [-0.15, -0.1) is 0 Å². The third kappa shape index (κ3) is 2.54. The zero-order valence-electron chi connectivity index (χ0n) is 8.68. The van der Waals surface area contributed by atoms with Crippen molar-refractivity contribution in [1.29, 1.82) is 0 Å². The number of rotatable bonds is 3. The van der Waals surface area contributed by atoms with Crippen LogP contribution in [0.5, 0.6) is 0 Å². The molecule has 0 bridgehead atoms. The van der Waals surface area contributed by atoms with Crippen LogP contribution in [0.2, 0.25) is 5.02 Å². The number of nitro groups is 1. The van der Waals surface area contributed by atoms with E-state index in [1.807, 2.05) is 0 Å². The summed E-state index contributed by atoms with van der Waals surface area (Å²) < 4.78 is 0. The van der Waals surface area contributed by atoms with E-state index < -0.39 is 27.9 Å². The first-order chi connectivity index (χ1) is 7.86. The highest BCUT2D eigenvalue weighted by molar-refractivity contribution is 6.35. The number of hydrogen-bond acceptors (Lipinski definition) is 4. The molecular formula is C10H8ClNO5. The molecule has 0 aliphatic heterocycles. The summed E-state index contributed by atoms with van der Waals surface area (Å²) in [6, 6.07) is 3.76. The van der Waals surface area contributed by atoms with E-state index in [2.05, 4.69) is 0 Å². The second-order valence-electron chi connectivity index (χ2n) is 3.16. The van der Waals surface area contributed by atoms with Crippen molar-refractivity contribution in [3.05, 3.63) is 44.7 Å². The Morgan fingerprint density at radius 2 is 2.00 bits per heavy atom. The molecule has 0 atom stereocenters. The average molecular weight is 258 g/mol. The molecule has 0 radical (unpaired) electrons. The number of hydrogen-bond donors (Lipinski definition) is 2. The summed E-state index contributed by atoms with van der Waals surface area (Å²) in [5.74, 6) is -2.03. The molecule has 2 N–H and O–H groups in total. The van der Waals surface area contributed by atoms with E-state index in [9.17, 15) is 20.0 Å². The van der Waals surface area contributed by atoms with Crippen molar-refractivity contribution in [2.24, 2.45) is 0 Å². The van der Waals surface area contributed by atoms with Crippen LogP contribution >= 0.6 is 11.6 Å². The number of carboxylic acid groups (broad SMARTS) is 1. The molecule has 0 unspecified atom stereocenters. The van der Waals surface area contributed by atoms with E-state index in [1.165, 1.54) is 12.1 Å². The fourth-order valence-corrected chi connectivity index (χ4v) is 1.62. The van der Waals surface area contributed by atoms with Crippen molar-refractivity contribution in [1.82, 2.24) is 0 Å². The normalized spacial score (nSPS) is 11.9. The highest BCUT2D eigenvalue weighted by Crippen LogP contribution is 2.34. The molecule has 0 aromatic heterocycles. The lowest BCUT2D eigenvalue weighted by Gasteiger charge is -2.07. The largest absolute Gasteiger partial charge is 0.512 e. The van der Waals surface area contributed by atoms with Crippen molar-refractivity contribution >= 4 is 28.8 Å². The molecule has 1 rings (SSSR count). The molecular weight excluding hydrogens is 250 g/mol. The summed E-state index contributed by atoms with van der Waals surface area (Å²) in [6.07, 6.45) is 0. The van der Waals surface area contributed by atoms with Gasteiger partial charge in [-0.05, 0) is 13.0 Å². The lowest BCUT2D eigenvalue weighted by Crippen LogP contribution is -2.06. The van der Waals surface area contributed by atoms with Crippen LogP contribution in [0.3, 0.4) is 0 Å². The van der Waals surface area contributed by atoms with Gasteiger partial charge in [0.05, 0.1) is 15.5 Å². The van der Waals surface area contributed by atoms with Crippen molar-refractivity contribution < 1.29 is 19.9 Å². The predicted molar refractivity (Wildman–Crippen MR) is 61.0 cm³/mol. The van der Waals surface area contributed by atoms with Crippen molar-refractivity contribution in [3.8, 4) is 0 Å². The lowest BCUT2D eigenvalue weighted by molar-refractivity contribution is -0.385. The van der Waals surface area contributed by atoms with Gasteiger partial charge in [0.2, 0.25) is 0 Å². The Bertz CT molecular complexity index is 519. The number of nitro benzene ring substituents is 1. The number of halogens is 1. The fourth-order valence-electron chi connectivity index (χ4n) is 1.35. The highest BCUT2D eigenvalue weighted by atomic mass is 35.5. The number of aliphatic hydroxyl groups excluding tert-OH is 1. The minimum atomic E-state index is -1.48. The summed E-state index contributed by atoms with van der Waals surface area (Å²) >= 11 is 5.74. The SMILES string of the molecule is CC(O)=C(C(=O)O)c1c(Cl)cccc1[N+](=O)[O-]. The zero-order chi connectivity index (χ0) is 13.2. The van der Waals surface area contributed by atoms with E-state index in [0.29, 0.717) is 0 Å². The molecule has 6 nitrogen and oxygen atoms in total. The van der Waals surface area contributed by atoms with Crippen LogP contribution in [0.15, 0.2) is 24.0 Å². The highest BCUT2D eigenvalue weighted by Gasteiger charge is 2.26. The second kappa shape index (κ2) is 4.84. The van der Waals surface area contributed by atoms with Gasteiger partial charge >= 0.3 is 5.97 Å². The third-order valence-electron chi connectivity index (χ3n) is 2.01. The molecule has 0 aliphatic rings. The van der Waals surface area contributed by atoms with Gasteiger partial charge in [-0.3, -0.25) is 10.1 Å². The monoisotopic (exact) mass is 257 g/mol. The molecule has 0 heterocycles. The average Bonchev–Trinajstić information content (AvgIpc) is 2.19. The molecule has 0 amide bonds. The van der Waals surface area contributed by atoms with Gasteiger partial charge in [0.15, 0.2) is 0 Å². The lowest BCUT2D eigenvalue weighted by atomic mass is 10.0. The molecule has 90 valence electrons. The fraction of sp³-hybridized carbons (Fsp3) is 0.100. The number of benzene rings is 1. The van der Waals surface area contributed by atoms with Crippen molar-refractivity contribution in [2.45, 2.75) is 6.92 Å². The molecule has 0 spiro atoms. The Kier molecular flexibility index (Phi) is 3.69. The Labute approximate surface area is 101 Å². The Morgan fingerprint density at radius 3 is 2.41 bits per heavy atom. The first-order valence-corrected chi connectivity index (χ1v) is 4.80. The van der Waals surface area contributed by atoms with Crippen LogP contribution in [0.1, 0.15) is 12.5 Å². The topological polar surface area (TPSA) is 101 Å². The summed E-state index contributed by atoms with van der Waals surface area (Å²) in [5, 5.41) is 28.9. The predicted octanol–water partition coefficient (Wildman–Crippen LogP) is 2.62. The minimum Gasteiger partial charge on any atom is -0.512 e. The van der Waals surface area contributed by atoms with Gasteiger partial charge < -0.3 is 10.2 Å². The van der Waals surface area contributed by atoms with Gasteiger partial charge in [-0.25, -0.2) is 4.79 Å². The van der Waals surface area contributed by atoms with Gasteiger partial charge in [-0.2, -0.15) is 0 Å². The van der Waals surface area contributed by atoms with Gasteiger partial charge in [0.25, 0.3) is 5.69 Å². The number of carbonyl (C=O) groups is 1. The maximum atomic E-state index is 11.0. The van der Waals surface area contributed by atoms with E-state index in [4.69, 9.17) is 16.7 Å². The summed E-state index contributed by atoms with van der Waals surface area (Å²) in [7, 11) is 0. The van der Waals surface area contributed by atoms with Crippen molar-refractivity contribution in [2.75, 3.05) is 0 Å². The molecule has 0 aliphatic carbocycles. The van der Waals surface area contributed by atoms with E-state index in [0.717, 1.165) is 13.0 Å². The van der Waals surface area contributed by atoms with Crippen LogP contribution in [0.25, 0.3) is 5.57 Å². The number of aliphatic carboxylic acids is 1. The summed E-state index contributed by atoms with van der Waals surface area (Å²) in [6.45, 7) is 1.12. The quantitative estimate of drug-likeness (QED) is 0.375. The third-order valence-corrected chi connectivity index (χ3v) is 2.33. The molecule has 0 fully saturated rings. The number of carboxylic acids is 1. The maximum absolute atomic E-state index is 11.0. The Morgan fingerprint density at radius 1 is 1.41 bits per heavy atom. The van der Waals surface area contributed by atoms with E-state index in [1.54, 1.807) is 0 Å². The van der Waals surface area contributed by atoms with Crippen LogP contribution in [0, 0.1) is 10.1 Å². The van der Waals surface area contributed by atoms with E-state index >= 15 is 0 Å². The second-order valence-corrected chi connectivity index (χ2v) is 3.56. The minimum absolute atomic E-state index is 0.106. The standard InChI is InChI=1S/C10H8ClNO5/c1-5(13)8(10(14)15)9-6(11)3-2-4-7(9)12(16)17/h2-4,13H,1H3,(H,14,15). The molecule has 1 aromatic carbocycles.